The predicted octanol–water partition coefficient (Wildman–Crippen LogP) is 2.68. The third-order valence-electron chi connectivity index (χ3n) is 3.56. The third-order valence-corrected chi connectivity index (χ3v) is 3.56. The van der Waals surface area contributed by atoms with Gasteiger partial charge in [0.15, 0.2) is 6.10 Å². The number of hydrogen-bond acceptors (Lipinski definition) is 3. The van der Waals surface area contributed by atoms with E-state index in [0.717, 1.165) is 11.3 Å². The van der Waals surface area contributed by atoms with E-state index in [1.165, 1.54) is 0 Å². The van der Waals surface area contributed by atoms with Crippen LogP contribution < -0.4 is 10.1 Å². The van der Waals surface area contributed by atoms with Gasteiger partial charge in [0.05, 0.1) is 0 Å². The first-order valence-electron chi connectivity index (χ1n) is 7.50. The van der Waals surface area contributed by atoms with Crippen molar-refractivity contribution < 1.29 is 14.6 Å². The minimum atomic E-state index is -0.490. The molecule has 1 rings (SSSR count). The quantitative estimate of drug-likeness (QED) is 0.774. The van der Waals surface area contributed by atoms with E-state index in [2.05, 4.69) is 5.32 Å². The van der Waals surface area contributed by atoms with Crippen LogP contribution in [0.2, 0.25) is 0 Å². The highest BCUT2D eigenvalue weighted by Gasteiger charge is 2.23. The van der Waals surface area contributed by atoms with Gasteiger partial charge in [-0.15, -0.1) is 0 Å². The Balaban J connectivity index is 2.60. The predicted molar refractivity (Wildman–Crippen MR) is 84.4 cm³/mol. The number of nitrogens with one attached hydrogen (secondary N) is 1. The van der Waals surface area contributed by atoms with E-state index in [4.69, 9.17) is 9.84 Å². The van der Waals surface area contributed by atoms with Crippen LogP contribution >= 0.6 is 0 Å². The van der Waals surface area contributed by atoms with E-state index in [-0.39, 0.29) is 17.9 Å². The van der Waals surface area contributed by atoms with E-state index in [1.54, 1.807) is 0 Å². The molecule has 2 N–H and O–H groups in total. The van der Waals surface area contributed by atoms with Crippen LogP contribution in [0, 0.1) is 12.3 Å². The second kappa shape index (κ2) is 8.03. The van der Waals surface area contributed by atoms with E-state index < -0.39 is 6.10 Å². The highest BCUT2D eigenvalue weighted by molar-refractivity contribution is 5.81. The Morgan fingerprint density at radius 3 is 2.62 bits per heavy atom. The highest BCUT2D eigenvalue weighted by atomic mass is 16.5. The molecule has 1 atom stereocenters. The molecule has 1 aromatic carbocycles. The van der Waals surface area contributed by atoms with Crippen LogP contribution in [0.25, 0.3) is 0 Å². The molecule has 0 heterocycles. The number of carbonyl (C=O) groups excluding carboxylic acids is 1. The lowest BCUT2D eigenvalue weighted by molar-refractivity contribution is -0.128. The minimum absolute atomic E-state index is 0.105. The molecule has 0 aliphatic carbocycles. The van der Waals surface area contributed by atoms with Crippen molar-refractivity contribution in [3.8, 4) is 5.75 Å². The van der Waals surface area contributed by atoms with Gasteiger partial charge in [0, 0.05) is 13.2 Å². The van der Waals surface area contributed by atoms with Crippen molar-refractivity contribution in [2.75, 3.05) is 13.2 Å². The minimum Gasteiger partial charge on any atom is -0.480 e. The normalized spacial score (nSPS) is 12.8. The average Bonchev–Trinajstić information content (AvgIpc) is 2.44. The van der Waals surface area contributed by atoms with Gasteiger partial charge in [-0.3, -0.25) is 4.79 Å². The zero-order valence-electron chi connectivity index (χ0n) is 13.5. The number of rotatable bonds is 8. The number of amides is 1. The largest absolute Gasteiger partial charge is 0.480 e. The molecule has 4 heteroatoms. The topological polar surface area (TPSA) is 58.6 Å². The Bertz CT molecular complexity index is 457. The maximum Gasteiger partial charge on any atom is 0.261 e. The van der Waals surface area contributed by atoms with E-state index in [1.807, 2.05) is 52.0 Å². The Morgan fingerprint density at radius 2 is 2.05 bits per heavy atom. The summed E-state index contributed by atoms with van der Waals surface area (Å²) < 4.78 is 5.82. The van der Waals surface area contributed by atoms with E-state index in [0.29, 0.717) is 19.4 Å². The maximum absolute atomic E-state index is 12.2. The summed E-state index contributed by atoms with van der Waals surface area (Å²) in [6.07, 6.45) is 0.777. The fourth-order valence-corrected chi connectivity index (χ4v) is 2.00. The van der Waals surface area contributed by atoms with Crippen LogP contribution in [0.15, 0.2) is 24.3 Å². The van der Waals surface area contributed by atoms with Crippen LogP contribution in [0.5, 0.6) is 5.75 Å². The van der Waals surface area contributed by atoms with Crippen LogP contribution in [0.4, 0.5) is 0 Å². The third kappa shape index (κ3) is 5.76. The SMILES string of the molecule is CCC(Oc1ccccc1C)C(=O)NCC(C)(C)CCO. The molecule has 1 amide bonds. The van der Waals surface area contributed by atoms with E-state index >= 15 is 0 Å². The molecule has 0 aliphatic heterocycles. The molecule has 0 saturated heterocycles. The molecular formula is C17H27NO3. The van der Waals surface area contributed by atoms with Gasteiger partial charge in [-0.2, -0.15) is 0 Å². The zero-order chi connectivity index (χ0) is 15.9. The van der Waals surface area contributed by atoms with Gasteiger partial charge in [-0.1, -0.05) is 39.0 Å². The molecule has 118 valence electrons. The Labute approximate surface area is 127 Å². The Kier molecular flexibility index (Phi) is 6.69. The molecule has 1 aromatic rings. The fraction of sp³-hybridized carbons (Fsp3) is 0.588. The lowest BCUT2D eigenvalue weighted by atomic mass is 9.89. The number of ether oxygens (including phenoxy) is 1. The number of aryl methyl sites for hydroxylation is 1. The molecule has 4 nitrogen and oxygen atoms in total. The van der Waals surface area contributed by atoms with Crippen molar-refractivity contribution in [2.24, 2.45) is 5.41 Å². The van der Waals surface area contributed by atoms with Crippen molar-refractivity contribution >= 4 is 5.91 Å². The first kappa shape index (κ1) is 17.5. The highest BCUT2D eigenvalue weighted by Crippen LogP contribution is 2.20. The lowest BCUT2D eigenvalue weighted by Gasteiger charge is -2.25. The van der Waals surface area contributed by atoms with Crippen LogP contribution in [0.1, 0.15) is 39.2 Å². The molecule has 0 fully saturated rings. The summed E-state index contributed by atoms with van der Waals surface area (Å²) in [4.78, 5) is 12.2. The van der Waals surface area contributed by atoms with Crippen LogP contribution in [0.3, 0.4) is 0 Å². The summed E-state index contributed by atoms with van der Waals surface area (Å²) in [5.41, 5.74) is 0.898. The van der Waals surface area contributed by atoms with Crippen LogP contribution in [-0.2, 0) is 4.79 Å². The molecule has 1 unspecified atom stereocenters. The second-order valence-corrected chi connectivity index (χ2v) is 6.14. The summed E-state index contributed by atoms with van der Waals surface area (Å²) in [5.74, 6) is 0.640. The summed E-state index contributed by atoms with van der Waals surface area (Å²) in [7, 11) is 0. The van der Waals surface area contributed by atoms with Crippen molar-refractivity contribution in [1.82, 2.24) is 5.32 Å². The van der Waals surface area contributed by atoms with Gasteiger partial charge in [-0.05, 0) is 36.8 Å². The monoisotopic (exact) mass is 293 g/mol. The smallest absolute Gasteiger partial charge is 0.261 e. The van der Waals surface area contributed by atoms with Gasteiger partial charge >= 0.3 is 0 Å². The summed E-state index contributed by atoms with van der Waals surface area (Å²) in [6.45, 7) is 8.59. The fourth-order valence-electron chi connectivity index (χ4n) is 2.00. The van der Waals surface area contributed by atoms with Crippen LogP contribution in [-0.4, -0.2) is 30.3 Å². The standard InChI is InChI=1S/C17H27NO3/c1-5-14(21-15-9-7-6-8-13(15)2)16(20)18-12-17(3,4)10-11-19/h6-9,14,19H,5,10-12H2,1-4H3,(H,18,20). The summed E-state index contributed by atoms with van der Waals surface area (Å²) in [6, 6.07) is 7.68. The van der Waals surface area contributed by atoms with Crippen molar-refractivity contribution in [2.45, 2.75) is 46.6 Å². The Hall–Kier alpha value is -1.55. The number of carbonyl (C=O) groups is 1. The van der Waals surface area contributed by atoms with Gasteiger partial charge in [0.2, 0.25) is 0 Å². The van der Waals surface area contributed by atoms with Gasteiger partial charge in [-0.25, -0.2) is 0 Å². The molecule has 0 spiro atoms. The number of aliphatic hydroxyl groups is 1. The maximum atomic E-state index is 12.2. The molecule has 0 radical (unpaired) electrons. The molecular weight excluding hydrogens is 266 g/mol. The van der Waals surface area contributed by atoms with Gasteiger partial charge < -0.3 is 15.2 Å². The summed E-state index contributed by atoms with van der Waals surface area (Å²) in [5, 5.41) is 11.9. The number of aliphatic hydroxyl groups excluding tert-OH is 1. The van der Waals surface area contributed by atoms with Crippen molar-refractivity contribution in [3.05, 3.63) is 29.8 Å². The molecule has 0 saturated carbocycles. The zero-order valence-corrected chi connectivity index (χ0v) is 13.5. The number of para-hydroxylation sites is 1. The van der Waals surface area contributed by atoms with Gasteiger partial charge in [0.25, 0.3) is 5.91 Å². The molecule has 0 bridgehead atoms. The Morgan fingerprint density at radius 1 is 1.38 bits per heavy atom. The number of benzene rings is 1. The lowest BCUT2D eigenvalue weighted by Crippen LogP contribution is -2.42. The molecule has 0 aliphatic rings. The van der Waals surface area contributed by atoms with Crippen molar-refractivity contribution in [1.29, 1.82) is 0 Å². The number of hydrogen-bond donors (Lipinski definition) is 2. The average molecular weight is 293 g/mol. The first-order valence-corrected chi connectivity index (χ1v) is 7.50. The van der Waals surface area contributed by atoms with Gasteiger partial charge in [0.1, 0.15) is 5.75 Å². The molecule has 21 heavy (non-hydrogen) atoms. The summed E-state index contributed by atoms with van der Waals surface area (Å²) >= 11 is 0. The van der Waals surface area contributed by atoms with E-state index in [9.17, 15) is 4.79 Å². The second-order valence-electron chi connectivity index (χ2n) is 6.14. The van der Waals surface area contributed by atoms with Crippen molar-refractivity contribution in [3.63, 3.8) is 0 Å². The first-order chi connectivity index (χ1) is 9.89. The molecule has 0 aromatic heterocycles.